The molecule has 0 heterocycles. The van der Waals surface area contributed by atoms with Crippen LogP contribution in [0.1, 0.15) is 27.7 Å². The van der Waals surface area contributed by atoms with Gasteiger partial charge in [0.05, 0.1) is 0 Å². The van der Waals surface area contributed by atoms with E-state index < -0.39 is 0 Å². The second-order valence-electron chi connectivity index (χ2n) is 4.77. The normalized spacial score (nSPS) is 11.7. The molecule has 1 aromatic carbocycles. The Labute approximate surface area is 98.4 Å². The Morgan fingerprint density at radius 3 is 2.00 bits per heavy atom. The second kappa shape index (κ2) is 6.24. The third-order valence-electron chi connectivity index (χ3n) is 3.14. The van der Waals surface area contributed by atoms with Gasteiger partial charge in [-0.05, 0) is 32.6 Å². The van der Waals surface area contributed by atoms with Gasteiger partial charge in [0.1, 0.15) is 0 Å². The topological polar surface area (TPSA) is 4.44 Å². The van der Waals surface area contributed by atoms with Gasteiger partial charge < -0.3 is 4.81 Å². The van der Waals surface area contributed by atoms with E-state index in [1.807, 2.05) is 0 Å². The second-order valence-corrected chi connectivity index (χ2v) is 6.06. The third kappa shape index (κ3) is 4.31. The van der Waals surface area contributed by atoms with Gasteiger partial charge in [-0.15, -0.1) is 0 Å². The molecular weight excluding hydrogens is 201 g/mol. The lowest BCUT2D eigenvalue weighted by molar-refractivity contribution is -0.829. The molecule has 0 spiro atoms. The summed E-state index contributed by atoms with van der Waals surface area (Å²) in [4.78, 5) is 3.21. The van der Waals surface area contributed by atoms with E-state index in [0.717, 1.165) is 12.1 Å². The van der Waals surface area contributed by atoms with Gasteiger partial charge in [-0.1, -0.05) is 30.3 Å². The third-order valence-corrected chi connectivity index (χ3v) is 4.56. The van der Waals surface area contributed by atoms with Crippen molar-refractivity contribution in [2.75, 3.05) is 0 Å². The predicted molar refractivity (Wildman–Crippen MR) is 72.1 cm³/mol. The maximum Gasteiger partial charge on any atom is 0.240 e. The molecule has 0 aliphatic rings. The van der Waals surface area contributed by atoms with E-state index in [9.17, 15) is 0 Å². The summed E-state index contributed by atoms with van der Waals surface area (Å²) in [7, 11) is 0. The van der Waals surface area contributed by atoms with Crippen molar-refractivity contribution >= 4 is 18.3 Å². The van der Waals surface area contributed by atoms with Crippen LogP contribution in [0, 0.1) is 0 Å². The summed E-state index contributed by atoms with van der Waals surface area (Å²) in [5, 5.41) is 0. The summed E-state index contributed by atoms with van der Waals surface area (Å²) in [5.41, 5.74) is 0. The summed E-state index contributed by atoms with van der Waals surface area (Å²) in [6.07, 6.45) is 0. The molecule has 0 aliphatic carbocycles. The molecule has 0 bridgehead atoms. The minimum absolute atomic E-state index is 0.00593. The van der Waals surface area contributed by atoms with E-state index in [4.69, 9.17) is 0 Å². The van der Waals surface area contributed by atoms with Crippen molar-refractivity contribution in [1.29, 1.82) is 0 Å². The molecule has 84 valence electrons. The Morgan fingerprint density at radius 1 is 1.00 bits per heavy atom. The van der Waals surface area contributed by atoms with Crippen LogP contribution in [0.15, 0.2) is 35.2 Å². The highest BCUT2D eigenvalue weighted by Gasteiger charge is 2.10. The fraction of sp³-hybridized carbons (Fsp3) is 0.500. The van der Waals surface area contributed by atoms with Gasteiger partial charge in [-0.25, -0.2) is 0 Å². The first-order valence-electron chi connectivity index (χ1n) is 5.91. The van der Waals surface area contributed by atoms with Crippen molar-refractivity contribution in [2.24, 2.45) is 0 Å². The Kier molecular flexibility index (Phi) is 5.27. The van der Waals surface area contributed by atoms with Gasteiger partial charge in [-0.2, -0.15) is 0 Å². The first-order chi connectivity index (χ1) is 7.11. The largest absolute Gasteiger partial charge is 0.518 e. The molecule has 0 saturated heterocycles. The Morgan fingerprint density at radius 2 is 1.53 bits per heavy atom. The smallest absolute Gasteiger partial charge is 0.240 e. The fourth-order valence-corrected chi connectivity index (χ4v) is 3.77. The standard InChI is InChI=1S/C12H22BNS/c1-10(2)14(11(3)4)13-15-12-8-6-5-7-9-12/h5-11,14H,13H2,1-4H3. The highest BCUT2D eigenvalue weighted by molar-refractivity contribution is 8.21. The molecular formula is C12H22BNS. The van der Waals surface area contributed by atoms with E-state index >= 15 is 0 Å². The molecule has 3 heteroatoms. The number of hydrogen-bond donors (Lipinski definition) is 1. The van der Waals surface area contributed by atoms with E-state index in [0.29, 0.717) is 0 Å². The molecule has 0 aromatic heterocycles. The van der Waals surface area contributed by atoms with Crippen molar-refractivity contribution in [3.05, 3.63) is 30.3 Å². The van der Waals surface area contributed by atoms with E-state index in [2.05, 4.69) is 69.6 Å². The maximum atomic E-state index is 2.32. The molecule has 0 radical (unpaired) electrons. The lowest BCUT2D eigenvalue weighted by Crippen LogP contribution is -3.19. The monoisotopic (exact) mass is 223 g/mol. The highest BCUT2D eigenvalue weighted by atomic mass is 32.2. The first kappa shape index (κ1) is 12.7. The van der Waals surface area contributed by atoms with Crippen molar-refractivity contribution in [2.45, 2.75) is 44.7 Å². The van der Waals surface area contributed by atoms with Crippen LogP contribution in [0.5, 0.6) is 0 Å². The molecule has 0 aliphatic heterocycles. The van der Waals surface area contributed by atoms with Crippen LogP contribution in [0.25, 0.3) is 0 Å². The van der Waals surface area contributed by atoms with Crippen molar-refractivity contribution in [3.63, 3.8) is 0 Å². The zero-order valence-corrected chi connectivity index (χ0v) is 11.3. The molecule has 1 aromatic rings. The van der Waals surface area contributed by atoms with Crippen LogP contribution in [0.4, 0.5) is 0 Å². The average molecular weight is 223 g/mol. The summed E-state index contributed by atoms with van der Waals surface area (Å²) < 4.78 is 0. The number of benzene rings is 1. The van der Waals surface area contributed by atoms with Crippen LogP contribution in [-0.2, 0) is 0 Å². The van der Waals surface area contributed by atoms with Crippen molar-refractivity contribution in [3.8, 4) is 0 Å². The Balaban J connectivity index is 2.47. The molecule has 1 rings (SSSR count). The van der Waals surface area contributed by atoms with Crippen molar-refractivity contribution in [1.82, 2.24) is 0 Å². The van der Waals surface area contributed by atoms with Gasteiger partial charge in [0.2, 0.25) is 6.69 Å². The molecule has 0 atom stereocenters. The van der Waals surface area contributed by atoms with E-state index in [-0.39, 0.29) is 6.69 Å². The van der Waals surface area contributed by atoms with Crippen LogP contribution in [-0.4, -0.2) is 18.8 Å². The van der Waals surface area contributed by atoms with Gasteiger partial charge in [0.25, 0.3) is 0 Å². The Hall–Kier alpha value is -0.405. The number of nitrogens with one attached hydrogen (secondary N) is 1. The van der Waals surface area contributed by atoms with Gasteiger partial charge in [0, 0.05) is 12.1 Å². The van der Waals surface area contributed by atoms with Crippen LogP contribution in [0.2, 0.25) is 0 Å². The number of rotatable bonds is 5. The van der Waals surface area contributed by atoms with E-state index in [1.165, 1.54) is 4.90 Å². The number of hydrogen-bond acceptors (Lipinski definition) is 1. The predicted octanol–water partition coefficient (Wildman–Crippen LogP) is 1.48. The molecule has 0 fully saturated rings. The van der Waals surface area contributed by atoms with Gasteiger partial charge >= 0.3 is 0 Å². The molecule has 0 amide bonds. The van der Waals surface area contributed by atoms with Gasteiger partial charge in [-0.3, -0.25) is 11.6 Å². The average Bonchev–Trinajstić information content (AvgIpc) is 2.18. The summed E-state index contributed by atoms with van der Waals surface area (Å²) in [6, 6.07) is 12.3. The fourth-order valence-electron chi connectivity index (χ4n) is 1.93. The van der Waals surface area contributed by atoms with E-state index in [1.54, 1.807) is 4.81 Å². The summed E-state index contributed by atoms with van der Waals surface area (Å²) >= 11 is 2.07. The Bertz CT molecular complexity index is 266. The minimum atomic E-state index is -0.00593. The van der Waals surface area contributed by atoms with Crippen LogP contribution in [0.3, 0.4) is 0 Å². The maximum absolute atomic E-state index is 2.32. The number of quaternary nitrogens is 1. The van der Waals surface area contributed by atoms with Gasteiger partial charge in [0.15, 0.2) is 0 Å². The minimum Gasteiger partial charge on any atom is -0.518 e. The summed E-state index contributed by atoms with van der Waals surface area (Å²) in [5.74, 6) is 0. The highest BCUT2D eigenvalue weighted by Crippen LogP contribution is 2.12. The zero-order valence-electron chi connectivity index (χ0n) is 10.4. The van der Waals surface area contributed by atoms with Crippen LogP contribution < -0.4 is 4.81 Å². The first-order valence-corrected chi connectivity index (χ1v) is 7.13. The molecule has 1 nitrogen and oxygen atoms in total. The SMILES string of the molecule is CC(C)[NH+]([BH2-]Sc1ccccc1)C(C)C. The molecule has 0 unspecified atom stereocenters. The quantitative estimate of drug-likeness (QED) is 0.741. The zero-order chi connectivity index (χ0) is 11.3. The van der Waals surface area contributed by atoms with Crippen LogP contribution >= 0.6 is 11.6 Å². The molecule has 0 saturated carbocycles. The molecule has 1 N–H and O–H groups in total. The summed E-state index contributed by atoms with van der Waals surface area (Å²) in [6.45, 7) is 9.29. The lowest BCUT2D eigenvalue weighted by Gasteiger charge is -2.35. The molecule has 15 heavy (non-hydrogen) atoms. The lowest BCUT2D eigenvalue weighted by atomic mass is 10.1. The van der Waals surface area contributed by atoms with Crippen molar-refractivity contribution < 1.29 is 4.81 Å².